The van der Waals surface area contributed by atoms with Crippen LogP contribution in [0, 0.1) is 0 Å². The molecule has 0 spiro atoms. The summed E-state index contributed by atoms with van der Waals surface area (Å²) in [7, 11) is 3.09. The maximum atomic E-state index is 11.5. The number of hydrogen-bond donors (Lipinski definition) is 0. The molecule has 0 aromatic heterocycles. The van der Waals surface area contributed by atoms with Crippen LogP contribution in [-0.4, -0.2) is 33.4 Å². The van der Waals surface area contributed by atoms with Crippen molar-refractivity contribution in [2.24, 2.45) is 0 Å². The monoisotopic (exact) mass is 210 g/mol. The van der Waals surface area contributed by atoms with E-state index in [-0.39, 0.29) is 19.2 Å². The Morgan fingerprint density at radius 1 is 1.20 bits per heavy atom. The summed E-state index contributed by atoms with van der Waals surface area (Å²) >= 11 is 0. The van der Waals surface area contributed by atoms with Gasteiger partial charge in [0.2, 0.25) is 0 Å². The minimum Gasteiger partial charge on any atom is -0.497 e. The van der Waals surface area contributed by atoms with Crippen molar-refractivity contribution in [3.05, 3.63) is 29.8 Å². The van der Waals surface area contributed by atoms with Gasteiger partial charge < -0.3 is 14.2 Å². The van der Waals surface area contributed by atoms with Crippen LogP contribution in [0.25, 0.3) is 0 Å². The number of Topliss-reactive ketones (excluding diaryl/α,β-unsaturated/α-hetero) is 1. The summed E-state index contributed by atoms with van der Waals surface area (Å²) in [6.07, 6.45) is 0. The van der Waals surface area contributed by atoms with Crippen molar-refractivity contribution in [1.29, 1.82) is 0 Å². The summed E-state index contributed by atoms with van der Waals surface area (Å²) in [5.41, 5.74) is 0.604. The number of carbonyl (C=O) groups excluding carboxylic acids is 1. The molecule has 0 aliphatic carbocycles. The van der Waals surface area contributed by atoms with Crippen molar-refractivity contribution in [3.8, 4) is 5.75 Å². The average molecular weight is 210 g/mol. The van der Waals surface area contributed by atoms with Gasteiger partial charge >= 0.3 is 0 Å². The first-order chi connectivity index (χ1) is 7.27. The zero-order valence-electron chi connectivity index (χ0n) is 8.86. The molecule has 0 aliphatic rings. The van der Waals surface area contributed by atoms with Gasteiger partial charge in [-0.1, -0.05) is 0 Å². The van der Waals surface area contributed by atoms with Crippen molar-refractivity contribution in [1.82, 2.24) is 0 Å². The van der Waals surface area contributed by atoms with Crippen LogP contribution in [0.3, 0.4) is 0 Å². The smallest absolute Gasteiger partial charge is 0.188 e. The van der Waals surface area contributed by atoms with E-state index in [9.17, 15) is 4.79 Å². The van der Waals surface area contributed by atoms with Crippen LogP contribution in [0.4, 0.5) is 0 Å². The summed E-state index contributed by atoms with van der Waals surface area (Å²) in [6, 6.07) is 6.89. The third-order valence-electron chi connectivity index (χ3n) is 1.85. The quantitative estimate of drug-likeness (QED) is 0.405. The first kappa shape index (κ1) is 11.7. The van der Waals surface area contributed by atoms with E-state index in [0.717, 1.165) is 5.75 Å². The van der Waals surface area contributed by atoms with Gasteiger partial charge in [-0.15, -0.1) is 0 Å². The van der Waals surface area contributed by atoms with E-state index in [0.29, 0.717) is 5.56 Å². The van der Waals surface area contributed by atoms with Crippen molar-refractivity contribution in [3.63, 3.8) is 0 Å². The van der Waals surface area contributed by atoms with Crippen LogP contribution in [0.1, 0.15) is 10.4 Å². The maximum Gasteiger partial charge on any atom is 0.188 e. The third-order valence-corrected chi connectivity index (χ3v) is 1.85. The summed E-state index contributed by atoms with van der Waals surface area (Å²) in [6.45, 7) is 0.155. The lowest BCUT2D eigenvalue weighted by Crippen LogP contribution is -2.10. The molecule has 1 aromatic rings. The van der Waals surface area contributed by atoms with Gasteiger partial charge in [-0.05, 0) is 24.3 Å². The van der Waals surface area contributed by atoms with Crippen LogP contribution in [-0.2, 0) is 9.47 Å². The third kappa shape index (κ3) is 3.69. The summed E-state index contributed by atoms with van der Waals surface area (Å²) in [4.78, 5) is 11.5. The van der Waals surface area contributed by atoms with E-state index in [2.05, 4.69) is 4.74 Å². The molecule has 1 rings (SSSR count). The van der Waals surface area contributed by atoms with Crippen LogP contribution >= 0.6 is 0 Å². The van der Waals surface area contributed by atoms with Crippen LogP contribution < -0.4 is 4.74 Å². The van der Waals surface area contributed by atoms with Crippen LogP contribution in [0.15, 0.2) is 24.3 Å². The lowest BCUT2D eigenvalue weighted by molar-refractivity contribution is -0.0237. The Kier molecular flexibility index (Phi) is 4.80. The van der Waals surface area contributed by atoms with E-state index in [1.165, 1.54) is 7.11 Å². The number of ketones is 1. The molecule has 82 valence electrons. The van der Waals surface area contributed by atoms with Crippen LogP contribution in [0.2, 0.25) is 0 Å². The van der Waals surface area contributed by atoms with Gasteiger partial charge in [0.05, 0.1) is 7.11 Å². The predicted molar refractivity (Wildman–Crippen MR) is 55.2 cm³/mol. The summed E-state index contributed by atoms with van der Waals surface area (Å²) in [5, 5.41) is 0. The molecule has 0 atom stereocenters. The SMILES string of the molecule is COCOCC(=O)c1ccc(OC)cc1. The Hall–Kier alpha value is -1.39. The molecule has 1 aromatic carbocycles. The van der Waals surface area contributed by atoms with Crippen molar-refractivity contribution < 1.29 is 19.0 Å². The minimum absolute atomic E-state index is 0.0279. The standard InChI is InChI=1S/C11H14O4/c1-13-8-15-7-11(12)9-3-5-10(14-2)6-4-9/h3-6H,7-8H2,1-2H3. The average Bonchev–Trinajstić information content (AvgIpc) is 2.29. The Morgan fingerprint density at radius 3 is 2.40 bits per heavy atom. The lowest BCUT2D eigenvalue weighted by Gasteiger charge is -2.03. The first-order valence-electron chi connectivity index (χ1n) is 4.52. The number of ether oxygens (including phenoxy) is 3. The highest BCUT2D eigenvalue weighted by molar-refractivity contribution is 5.97. The molecule has 0 unspecified atom stereocenters. The molecule has 4 nitrogen and oxygen atoms in total. The Balaban J connectivity index is 2.50. The van der Waals surface area contributed by atoms with E-state index < -0.39 is 0 Å². The number of methoxy groups -OCH3 is 2. The van der Waals surface area contributed by atoms with E-state index in [1.54, 1.807) is 31.4 Å². The fourth-order valence-corrected chi connectivity index (χ4v) is 1.08. The second-order valence-corrected chi connectivity index (χ2v) is 2.91. The Bertz CT molecular complexity index is 305. The van der Waals surface area contributed by atoms with Crippen molar-refractivity contribution in [2.75, 3.05) is 27.6 Å². The number of hydrogen-bond acceptors (Lipinski definition) is 4. The molecule has 0 fully saturated rings. The highest BCUT2D eigenvalue weighted by atomic mass is 16.7. The fraction of sp³-hybridized carbons (Fsp3) is 0.364. The van der Waals surface area contributed by atoms with Crippen molar-refractivity contribution >= 4 is 5.78 Å². The molecule has 0 saturated carbocycles. The van der Waals surface area contributed by atoms with Gasteiger partial charge in [0, 0.05) is 12.7 Å². The minimum atomic E-state index is -0.0743. The van der Waals surface area contributed by atoms with Gasteiger partial charge in [-0.3, -0.25) is 4.79 Å². The lowest BCUT2D eigenvalue weighted by atomic mass is 10.1. The van der Waals surface area contributed by atoms with E-state index in [4.69, 9.17) is 9.47 Å². The van der Waals surface area contributed by atoms with Gasteiger partial charge in [0.15, 0.2) is 5.78 Å². The van der Waals surface area contributed by atoms with Crippen LogP contribution in [0.5, 0.6) is 5.75 Å². The second kappa shape index (κ2) is 6.16. The number of carbonyl (C=O) groups is 1. The number of rotatable bonds is 6. The molecule has 15 heavy (non-hydrogen) atoms. The first-order valence-corrected chi connectivity index (χ1v) is 4.52. The van der Waals surface area contributed by atoms with Gasteiger partial charge in [0.25, 0.3) is 0 Å². The van der Waals surface area contributed by atoms with Crippen molar-refractivity contribution in [2.45, 2.75) is 0 Å². The van der Waals surface area contributed by atoms with Gasteiger partial charge in [-0.25, -0.2) is 0 Å². The molecule has 0 N–H and O–H groups in total. The van der Waals surface area contributed by atoms with E-state index in [1.807, 2.05) is 0 Å². The molecular formula is C11H14O4. The largest absolute Gasteiger partial charge is 0.497 e. The fourth-order valence-electron chi connectivity index (χ4n) is 1.08. The normalized spacial score (nSPS) is 10.0. The molecule has 0 radical (unpaired) electrons. The summed E-state index contributed by atoms with van der Waals surface area (Å²) in [5.74, 6) is 0.652. The van der Waals surface area contributed by atoms with Gasteiger partial charge in [0.1, 0.15) is 19.1 Å². The zero-order valence-corrected chi connectivity index (χ0v) is 8.86. The highest BCUT2D eigenvalue weighted by Gasteiger charge is 2.05. The highest BCUT2D eigenvalue weighted by Crippen LogP contribution is 2.11. The Morgan fingerprint density at radius 2 is 1.87 bits per heavy atom. The second-order valence-electron chi connectivity index (χ2n) is 2.91. The predicted octanol–water partition coefficient (Wildman–Crippen LogP) is 1.50. The molecular weight excluding hydrogens is 196 g/mol. The molecule has 0 saturated heterocycles. The number of benzene rings is 1. The molecule has 4 heteroatoms. The maximum absolute atomic E-state index is 11.5. The topological polar surface area (TPSA) is 44.8 Å². The van der Waals surface area contributed by atoms with E-state index >= 15 is 0 Å². The molecule has 0 aliphatic heterocycles. The molecule has 0 heterocycles. The molecule has 0 bridgehead atoms. The zero-order chi connectivity index (χ0) is 11.1. The van der Waals surface area contributed by atoms with Gasteiger partial charge in [-0.2, -0.15) is 0 Å². The summed E-state index contributed by atoms with van der Waals surface area (Å²) < 4.78 is 14.6. The molecule has 0 amide bonds. The Labute approximate surface area is 88.8 Å².